The lowest BCUT2D eigenvalue weighted by Gasteiger charge is -1.95. The molecule has 0 aliphatic heterocycles. The van der Waals surface area contributed by atoms with Crippen molar-refractivity contribution in [1.82, 2.24) is 0 Å². The van der Waals surface area contributed by atoms with Gasteiger partial charge in [-0.25, -0.2) is 9.64 Å². The fourth-order valence-corrected chi connectivity index (χ4v) is 0.956. The highest BCUT2D eigenvalue weighted by Crippen LogP contribution is 2.19. The van der Waals surface area contributed by atoms with Gasteiger partial charge in [-0.2, -0.15) is 0 Å². The van der Waals surface area contributed by atoms with Crippen LogP contribution in [0.15, 0.2) is 30.3 Å². The van der Waals surface area contributed by atoms with E-state index < -0.39 is 5.97 Å². The molecule has 0 saturated heterocycles. The Morgan fingerprint density at radius 1 is 1.50 bits per heavy atom. The molecule has 0 N–H and O–H groups in total. The first-order chi connectivity index (χ1) is 6.77. The number of methoxy groups -OCH3 is 1. The van der Waals surface area contributed by atoms with Crippen molar-refractivity contribution < 1.29 is 9.53 Å². The van der Waals surface area contributed by atoms with Crippen molar-refractivity contribution in [3.05, 3.63) is 47.3 Å². The number of carbonyl (C=O) groups excluding carboxylic acids is 1. The van der Waals surface area contributed by atoms with Crippen LogP contribution < -0.4 is 0 Å². The Hall–Kier alpha value is -2.08. The van der Waals surface area contributed by atoms with Gasteiger partial charge >= 0.3 is 5.97 Å². The molecule has 70 valence electrons. The number of ether oxygens (including phenoxy) is 1. The van der Waals surface area contributed by atoms with Crippen molar-refractivity contribution >= 4 is 17.7 Å². The van der Waals surface area contributed by atoms with E-state index in [1.54, 1.807) is 24.3 Å². The molecule has 0 saturated carbocycles. The highest BCUT2D eigenvalue weighted by atomic mass is 16.5. The molecule has 1 aromatic rings. The Bertz CT molecular complexity index is 402. The topological polar surface area (TPSA) is 30.7 Å². The molecular formula is C11H9NO2. The largest absolute Gasteiger partial charge is 0.466 e. The Labute approximate surface area is 82.4 Å². The maximum atomic E-state index is 10.8. The van der Waals surface area contributed by atoms with E-state index in [1.165, 1.54) is 13.2 Å². The summed E-state index contributed by atoms with van der Waals surface area (Å²) in [6.07, 6.45) is 2.86. The summed E-state index contributed by atoms with van der Waals surface area (Å²) < 4.78 is 4.44. The average molecular weight is 187 g/mol. The molecule has 3 heteroatoms. The molecule has 14 heavy (non-hydrogen) atoms. The molecular weight excluding hydrogens is 178 g/mol. The van der Waals surface area contributed by atoms with Gasteiger partial charge in [0.2, 0.25) is 0 Å². The van der Waals surface area contributed by atoms with Gasteiger partial charge in [-0.3, -0.25) is 0 Å². The third-order valence-corrected chi connectivity index (χ3v) is 1.66. The van der Waals surface area contributed by atoms with Crippen molar-refractivity contribution in [1.29, 1.82) is 0 Å². The second-order valence-corrected chi connectivity index (χ2v) is 2.53. The number of rotatable bonds is 2. The highest BCUT2D eigenvalue weighted by molar-refractivity contribution is 5.88. The van der Waals surface area contributed by atoms with E-state index >= 15 is 0 Å². The standard InChI is InChI=1S/C11H9NO2/c1-12-10-6-4-3-5-9(10)7-8-11(13)14-2/h3-8H,2H3/b8-7+. The first-order valence-electron chi connectivity index (χ1n) is 4.00. The van der Waals surface area contributed by atoms with Crippen LogP contribution in [0.5, 0.6) is 0 Å². The van der Waals surface area contributed by atoms with Crippen LogP contribution >= 0.6 is 0 Å². The Balaban J connectivity index is 2.92. The van der Waals surface area contributed by atoms with E-state index in [9.17, 15) is 4.79 Å². The summed E-state index contributed by atoms with van der Waals surface area (Å²) in [5.74, 6) is -0.426. The predicted molar refractivity (Wildman–Crippen MR) is 53.8 cm³/mol. The number of carbonyl (C=O) groups is 1. The van der Waals surface area contributed by atoms with Crippen molar-refractivity contribution in [3.63, 3.8) is 0 Å². The summed E-state index contributed by atoms with van der Waals surface area (Å²) in [4.78, 5) is 14.1. The van der Waals surface area contributed by atoms with Crippen molar-refractivity contribution in [2.45, 2.75) is 0 Å². The van der Waals surface area contributed by atoms with E-state index in [4.69, 9.17) is 6.57 Å². The van der Waals surface area contributed by atoms with Crippen molar-refractivity contribution in [3.8, 4) is 0 Å². The Kier molecular flexibility index (Phi) is 3.45. The fraction of sp³-hybridized carbons (Fsp3) is 0.0909. The highest BCUT2D eigenvalue weighted by Gasteiger charge is 1.97. The molecule has 0 aliphatic carbocycles. The minimum absolute atomic E-state index is 0.426. The molecule has 0 heterocycles. The molecule has 0 unspecified atom stereocenters. The van der Waals surface area contributed by atoms with Crippen molar-refractivity contribution in [2.75, 3.05) is 7.11 Å². The summed E-state index contributed by atoms with van der Waals surface area (Å²) in [5.41, 5.74) is 1.24. The number of hydrogen-bond donors (Lipinski definition) is 0. The smallest absolute Gasteiger partial charge is 0.330 e. The van der Waals surface area contributed by atoms with Crippen LogP contribution in [0.25, 0.3) is 10.9 Å². The van der Waals surface area contributed by atoms with Gasteiger partial charge in [0.25, 0.3) is 0 Å². The van der Waals surface area contributed by atoms with Crippen LogP contribution in [0.3, 0.4) is 0 Å². The van der Waals surface area contributed by atoms with Crippen LogP contribution in [0, 0.1) is 6.57 Å². The number of esters is 1. The zero-order valence-electron chi connectivity index (χ0n) is 7.73. The van der Waals surface area contributed by atoms with E-state index in [2.05, 4.69) is 9.58 Å². The number of nitrogens with zero attached hydrogens (tertiary/aromatic N) is 1. The third-order valence-electron chi connectivity index (χ3n) is 1.66. The molecule has 0 aromatic heterocycles. The van der Waals surface area contributed by atoms with Gasteiger partial charge in [0.05, 0.1) is 13.7 Å². The quantitative estimate of drug-likeness (QED) is 0.404. The summed E-state index contributed by atoms with van der Waals surface area (Å²) >= 11 is 0. The first-order valence-corrected chi connectivity index (χ1v) is 4.00. The Morgan fingerprint density at radius 3 is 2.86 bits per heavy atom. The average Bonchev–Trinajstić information content (AvgIpc) is 2.26. The zero-order chi connectivity index (χ0) is 10.4. The number of hydrogen-bond acceptors (Lipinski definition) is 2. The minimum Gasteiger partial charge on any atom is -0.466 e. The Morgan fingerprint density at radius 2 is 2.21 bits per heavy atom. The molecule has 1 rings (SSSR count). The summed E-state index contributed by atoms with van der Waals surface area (Å²) in [6, 6.07) is 7.06. The normalized spacial score (nSPS) is 9.71. The van der Waals surface area contributed by atoms with Gasteiger partial charge in [0.1, 0.15) is 0 Å². The lowest BCUT2D eigenvalue weighted by molar-refractivity contribution is -0.134. The zero-order valence-corrected chi connectivity index (χ0v) is 7.73. The maximum Gasteiger partial charge on any atom is 0.330 e. The monoisotopic (exact) mass is 187 g/mol. The lowest BCUT2D eigenvalue weighted by Crippen LogP contribution is -1.93. The van der Waals surface area contributed by atoms with Crippen LogP contribution in [-0.4, -0.2) is 13.1 Å². The van der Waals surface area contributed by atoms with Gasteiger partial charge in [0, 0.05) is 6.08 Å². The first kappa shape index (κ1) is 10.0. The third kappa shape index (κ3) is 2.46. The molecule has 0 aliphatic rings. The summed E-state index contributed by atoms with van der Waals surface area (Å²) in [5, 5.41) is 0. The fourth-order valence-electron chi connectivity index (χ4n) is 0.956. The molecule has 0 radical (unpaired) electrons. The van der Waals surface area contributed by atoms with Crippen LogP contribution in [0.4, 0.5) is 5.69 Å². The van der Waals surface area contributed by atoms with Crippen LogP contribution in [-0.2, 0) is 9.53 Å². The van der Waals surface area contributed by atoms with E-state index in [0.717, 1.165) is 0 Å². The van der Waals surface area contributed by atoms with Crippen LogP contribution in [0.1, 0.15) is 5.56 Å². The van der Waals surface area contributed by atoms with Crippen LogP contribution in [0.2, 0.25) is 0 Å². The van der Waals surface area contributed by atoms with Gasteiger partial charge in [-0.1, -0.05) is 30.3 Å². The molecule has 0 atom stereocenters. The predicted octanol–water partition coefficient (Wildman–Crippen LogP) is 2.42. The molecule has 0 amide bonds. The SMILES string of the molecule is [C-]#[N+]c1ccccc1/C=C/C(=O)OC. The maximum absolute atomic E-state index is 10.8. The van der Waals surface area contributed by atoms with E-state index in [-0.39, 0.29) is 0 Å². The minimum atomic E-state index is -0.426. The molecule has 1 aromatic carbocycles. The van der Waals surface area contributed by atoms with Crippen molar-refractivity contribution in [2.24, 2.45) is 0 Å². The van der Waals surface area contributed by atoms with E-state index in [0.29, 0.717) is 11.3 Å². The lowest BCUT2D eigenvalue weighted by atomic mass is 10.1. The molecule has 0 bridgehead atoms. The second kappa shape index (κ2) is 4.83. The summed E-state index contributed by atoms with van der Waals surface area (Å²) in [7, 11) is 1.31. The molecule has 0 fully saturated rings. The number of benzene rings is 1. The molecule has 0 spiro atoms. The van der Waals surface area contributed by atoms with Gasteiger partial charge in [-0.15, -0.1) is 0 Å². The van der Waals surface area contributed by atoms with Gasteiger partial charge in [-0.05, 0) is 5.56 Å². The second-order valence-electron chi connectivity index (χ2n) is 2.53. The van der Waals surface area contributed by atoms with Gasteiger partial charge < -0.3 is 4.74 Å². The van der Waals surface area contributed by atoms with Gasteiger partial charge in [0.15, 0.2) is 5.69 Å². The number of para-hydroxylation sites is 1. The van der Waals surface area contributed by atoms with E-state index in [1.807, 2.05) is 6.07 Å². The summed E-state index contributed by atoms with van der Waals surface area (Å²) in [6.45, 7) is 6.89. The molecule has 3 nitrogen and oxygen atoms in total.